The highest BCUT2D eigenvalue weighted by molar-refractivity contribution is 6.18. The molecule has 0 aliphatic heterocycles. The molecule has 0 saturated heterocycles. The second-order valence-corrected chi connectivity index (χ2v) is 5.24. The van der Waals surface area contributed by atoms with Crippen LogP contribution in [-0.2, 0) is 4.79 Å². The van der Waals surface area contributed by atoms with E-state index in [-0.39, 0.29) is 0 Å². The number of carbonyl (C=O) groups excluding carboxylic acids is 1. The van der Waals surface area contributed by atoms with Crippen LogP contribution in [0.4, 0.5) is 0 Å². The molecule has 3 heteroatoms. The first-order valence-electron chi connectivity index (χ1n) is 6.54. The van der Waals surface area contributed by atoms with Gasteiger partial charge in [-0.3, -0.25) is 4.79 Å². The van der Waals surface area contributed by atoms with Crippen LogP contribution in [0.15, 0.2) is 0 Å². The van der Waals surface area contributed by atoms with Crippen molar-refractivity contribution in [2.45, 2.75) is 58.4 Å². The first kappa shape index (κ1) is 13.8. The minimum absolute atomic E-state index is 0.294. The average Bonchev–Trinajstić information content (AvgIpc) is 2.31. The van der Waals surface area contributed by atoms with Gasteiger partial charge in [0.25, 0.3) is 0 Å². The van der Waals surface area contributed by atoms with E-state index in [4.69, 9.17) is 11.6 Å². The summed E-state index contributed by atoms with van der Waals surface area (Å²) < 4.78 is 0. The summed E-state index contributed by atoms with van der Waals surface area (Å²) in [6.45, 7) is 4.97. The number of amides is 1. The molecule has 0 aromatic heterocycles. The standard InChI is InChI=1S/C13H24ClNO/c1-3-15(12-7-5-4-6-8-12)13(16)9-11(2)10-14/h11-12H,3-10H2,1-2H3. The molecule has 1 fully saturated rings. The van der Waals surface area contributed by atoms with Gasteiger partial charge in [-0.2, -0.15) is 0 Å². The summed E-state index contributed by atoms with van der Waals surface area (Å²) in [5.74, 6) is 1.17. The summed E-state index contributed by atoms with van der Waals surface area (Å²) >= 11 is 5.76. The summed E-state index contributed by atoms with van der Waals surface area (Å²) in [7, 11) is 0. The maximum absolute atomic E-state index is 12.1. The molecule has 94 valence electrons. The lowest BCUT2D eigenvalue weighted by atomic mass is 9.93. The number of hydrogen-bond acceptors (Lipinski definition) is 1. The molecule has 1 amide bonds. The number of rotatable bonds is 5. The Morgan fingerprint density at radius 1 is 1.38 bits per heavy atom. The monoisotopic (exact) mass is 245 g/mol. The van der Waals surface area contributed by atoms with Crippen LogP contribution >= 0.6 is 11.6 Å². The molecule has 1 rings (SSSR count). The predicted molar refractivity (Wildman–Crippen MR) is 68.8 cm³/mol. The topological polar surface area (TPSA) is 20.3 Å². The molecule has 1 saturated carbocycles. The van der Waals surface area contributed by atoms with Gasteiger partial charge in [0, 0.05) is 24.9 Å². The van der Waals surface area contributed by atoms with Crippen molar-refractivity contribution in [2.24, 2.45) is 5.92 Å². The van der Waals surface area contributed by atoms with Gasteiger partial charge in [-0.05, 0) is 25.7 Å². The predicted octanol–water partition coefficient (Wildman–Crippen LogP) is 3.43. The van der Waals surface area contributed by atoms with Crippen LogP contribution in [0.1, 0.15) is 52.4 Å². The molecule has 1 aliphatic rings. The van der Waals surface area contributed by atoms with Crippen molar-refractivity contribution in [3.63, 3.8) is 0 Å². The minimum atomic E-state index is 0.294. The molecule has 0 spiro atoms. The third-order valence-electron chi connectivity index (χ3n) is 3.46. The van der Waals surface area contributed by atoms with Gasteiger partial charge in [-0.1, -0.05) is 26.2 Å². The Hall–Kier alpha value is -0.240. The summed E-state index contributed by atoms with van der Waals surface area (Å²) in [5.41, 5.74) is 0. The third kappa shape index (κ3) is 3.97. The molecule has 16 heavy (non-hydrogen) atoms. The Balaban J connectivity index is 2.48. The molecule has 0 N–H and O–H groups in total. The van der Waals surface area contributed by atoms with Crippen molar-refractivity contribution in [1.82, 2.24) is 4.90 Å². The lowest BCUT2D eigenvalue weighted by Gasteiger charge is -2.34. The van der Waals surface area contributed by atoms with E-state index in [1.807, 2.05) is 6.92 Å². The van der Waals surface area contributed by atoms with Gasteiger partial charge in [-0.25, -0.2) is 0 Å². The molecule has 1 unspecified atom stereocenters. The van der Waals surface area contributed by atoms with Crippen LogP contribution in [-0.4, -0.2) is 29.3 Å². The van der Waals surface area contributed by atoms with E-state index in [1.165, 1.54) is 32.1 Å². The minimum Gasteiger partial charge on any atom is -0.340 e. The number of alkyl halides is 1. The van der Waals surface area contributed by atoms with Crippen LogP contribution in [0.5, 0.6) is 0 Å². The van der Waals surface area contributed by atoms with E-state index in [0.717, 1.165) is 6.54 Å². The van der Waals surface area contributed by atoms with Gasteiger partial charge < -0.3 is 4.90 Å². The van der Waals surface area contributed by atoms with Gasteiger partial charge in [0.1, 0.15) is 0 Å². The molecular formula is C13H24ClNO. The van der Waals surface area contributed by atoms with E-state index in [0.29, 0.717) is 30.2 Å². The largest absolute Gasteiger partial charge is 0.340 e. The van der Waals surface area contributed by atoms with E-state index in [2.05, 4.69) is 11.8 Å². The second kappa shape index (κ2) is 7.16. The van der Waals surface area contributed by atoms with Crippen LogP contribution in [0, 0.1) is 5.92 Å². The molecular weight excluding hydrogens is 222 g/mol. The Bertz CT molecular complexity index is 214. The van der Waals surface area contributed by atoms with Gasteiger partial charge >= 0.3 is 0 Å². The fourth-order valence-electron chi connectivity index (χ4n) is 2.50. The smallest absolute Gasteiger partial charge is 0.223 e. The molecule has 1 atom stereocenters. The molecule has 2 nitrogen and oxygen atoms in total. The lowest BCUT2D eigenvalue weighted by Crippen LogP contribution is -2.41. The molecule has 0 aromatic rings. The third-order valence-corrected chi connectivity index (χ3v) is 3.99. The number of hydrogen-bond donors (Lipinski definition) is 0. The van der Waals surface area contributed by atoms with E-state index >= 15 is 0 Å². The lowest BCUT2D eigenvalue weighted by molar-refractivity contribution is -0.134. The second-order valence-electron chi connectivity index (χ2n) is 4.94. The molecule has 1 aliphatic carbocycles. The van der Waals surface area contributed by atoms with Gasteiger partial charge in [-0.15, -0.1) is 11.6 Å². The van der Waals surface area contributed by atoms with E-state index in [1.54, 1.807) is 0 Å². The zero-order valence-corrected chi connectivity index (χ0v) is 11.3. The molecule has 0 aromatic carbocycles. The number of carbonyl (C=O) groups is 1. The Morgan fingerprint density at radius 3 is 2.50 bits per heavy atom. The highest BCUT2D eigenvalue weighted by Gasteiger charge is 2.24. The quantitative estimate of drug-likeness (QED) is 0.680. The van der Waals surface area contributed by atoms with Gasteiger partial charge in [0.05, 0.1) is 0 Å². The summed E-state index contributed by atoms with van der Waals surface area (Å²) in [5, 5.41) is 0. The van der Waals surface area contributed by atoms with E-state index < -0.39 is 0 Å². The summed E-state index contributed by atoms with van der Waals surface area (Å²) in [6.07, 6.45) is 6.87. The highest BCUT2D eigenvalue weighted by Crippen LogP contribution is 2.23. The maximum atomic E-state index is 12.1. The van der Waals surface area contributed by atoms with Crippen LogP contribution in [0.25, 0.3) is 0 Å². The zero-order chi connectivity index (χ0) is 12.0. The maximum Gasteiger partial charge on any atom is 0.223 e. The molecule has 0 radical (unpaired) electrons. The highest BCUT2D eigenvalue weighted by atomic mass is 35.5. The normalized spacial score (nSPS) is 19.4. The fraction of sp³-hybridized carbons (Fsp3) is 0.923. The van der Waals surface area contributed by atoms with Crippen molar-refractivity contribution in [2.75, 3.05) is 12.4 Å². The van der Waals surface area contributed by atoms with E-state index in [9.17, 15) is 4.79 Å². The first-order chi connectivity index (χ1) is 7.69. The zero-order valence-electron chi connectivity index (χ0n) is 10.5. The Labute approximate surface area is 104 Å². The van der Waals surface area contributed by atoms with Crippen LogP contribution in [0.2, 0.25) is 0 Å². The van der Waals surface area contributed by atoms with Crippen molar-refractivity contribution in [3.05, 3.63) is 0 Å². The van der Waals surface area contributed by atoms with Crippen molar-refractivity contribution >= 4 is 17.5 Å². The van der Waals surface area contributed by atoms with Crippen molar-refractivity contribution in [1.29, 1.82) is 0 Å². The van der Waals surface area contributed by atoms with Gasteiger partial charge in [0.15, 0.2) is 0 Å². The fourth-order valence-corrected chi connectivity index (χ4v) is 2.61. The first-order valence-corrected chi connectivity index (χ1v) is 7.07. The Morgan fingerprint density at radius 2 is 2.00 bits per heavy atom. The molecule has 0 heterocycles. The summed E-state index contributed by atoms with van der Waals surface area (Å²) in [6, 6.07) is 0.494. The SMILES string of the molecule is CCN(C(=O)CC(C)CCl)C1CCCCC1. The Kier molecular flexibility index (Phi) is 6.18. The van der Waals surface area contributed by atoms with Crippen molar-refractivity contribution in [3.8, 4) is 0 Å². The average molecular weight is 246 g/mol. The number of nitrogens with zero attached hydrogens (tertiary/aromatic N) is 1. The van der Waals surface area contributed by atoms with Crippen LogP contribution in [0.3, 0.4) is 0 Å². The summed E-state index contributed by atoms with van der Waals surface area (Å²) in [4.78, 5) is 14.2. The van der Waals surface area contributed by atoms with Crippen LogP contribution < -0.4 is 0 Å². The number of halogens is 1. The van der Waals surface area contributed by atoms with Gasteiger partial charge in [0.2, 0.25) is 5.91 Å². The molecule has 0 bridgehead atoms. The van der Waals surface area contributed by atoms with Crippen molar-refractivity contribution < 1.29 is 4.79 Å².